The SMILES string of the molecule is CCCn1ncc(Cl)c1C(COc1cccc(Cl)c1)NC. The molecule has 0 radical (unpaired) electrons. The molecule has 21 heavy (non-hydrogen) atoms. The summed E-state index contributed by atoms with van der Waals surface area (Å²) in [4.78, 5) is 0. The van der Waals surface area contributed by atoms with E-state index in [1.165, 1.54) is 0 Å². The summed E-state index contributed by atoms with van der Waals surface area (Å²) in [5.74, 6) is 0.737. The average Bonchev–Trinajstić information content (AvgIpc) is 2.82. The lowest BCUT2D eigenvalue weighted by atomic mass is 10.2. The molecule has 0 saturated carbocycles. The fourth-order valence-corrected chi connectivity index (χ4v) is 2.60. The summed E-state index contributed by atoms with van der Waals surface area (Å²) in [6.07, 6.45) is 2.67. The Hall–Kier alpha value is -1.23. The minimum atomic E-state index is -0.0365. The molecule has 0 aliphatic heterocycles. The van der Waals surface area contributed by atoms with Gasteiger partial charge in [-0.2, -0.15) is 5.10 Å². The van der Waals surface area contributed by atoms with Crippen molar-refractivity contribution in [2.45, 2.75) is 25.9 Å². The normalized spacial score (nSPS) is 12.4. The third-order valence-electron chi connectivity index (χ3n) is 3.16. The standard InChI is InChI=1S/C15H19Cl2N3O/c1-3-7-20-15(13(17)9-19-20)14(18-2)10-21-12-6-4-5-11(16)8-12/h4-6,8-9,14,18H,3,7,10H2,1-2H3. The van der Waals surface area contributed by atoms with Crippen LogP contribution in [0.15, 0.2) is 30.5 Å². The molecular formula is C15H19Cl2N3O. The van der Waals surface area contributed by atoms with Crippen molar-refractivity contribution in [3.05, 3.63) is 46.2 Å². The Bertz CT molecular complexity index is 586. The van der Waals surface area contributed by atoms with E-state index >= 15 is 0 Å². The van der Waals surface area contributed by atoms with Gasteiger partial charge in [0, 0.05) is 11.6 Å². The van der Waals surface area contributed by atoms with Gasteiger partial charge in [0.1, 0.15) is 12.4 Å². The first-order chi connectivity index (χ1) is 10.2. The number of halogens is 2. The molecule has 6 heteroatoms. The molecule has 1 unspecified atom stereocenters. The van der Waals surface area contributed by atoms with Crippen LogP contribution >= 0.6 is 23.2 Å². The van der Waals surface area contributed by atoms with Crippen LogP contribution in [0.5, 0.6) is 5.75 Å². The molecule has 1 heterocycles. The van der Waals surface area contributed by atoms with Gasteiger partial charge in [-0.15, -0.1) is 0 Å². The Labute approximate surface area is 135 Å². The topological polar surface area (TPSA) is 39.1 Å². The molecule has 0 bridgehead atoms. The van der Waals surface area contributed by atoms with Crippen molar-refractivity contribution in [3.8, 4) is 5.75 Å². The highest BCUT2D eigenvalue weighted by Gasteiger charge is 2.19. The summed E-state index contributed by atoms with van der Waals surface area (Å²) in [6.45, 7) is 3.39. The molecule has 0 spiro atoms. The number of ether oxygens (including phenoxy) is 1. The van der Waals surface area contributed by atoms with E-state index in [0.717, 1.165) is 24.4 Å². The van der Waals surface area contributed by atoms with E-state index in [0.29, 0.717) is 16.7 Å². The Balaban J connectivity index is 2.11. The fraction of sp³-hybridized carbons (Fsp3) is 0.400. The summed E-state index contributed by atoms with van der Waals surface area (Å²) >= 11 is 12.2. The molecule has 114 valence electrons. The number of nitrogens with zero attached hydrogens (tertiary/aromatic N) is 2. The van der Waals surface area contributed by atoms with Crippen LogP contribution in [-0.2, 0) is 6.54 Å². The van der Waals surface area contributed by atoms with Crippen molar-refractivity contribution in [2.24, 2.45) is 0 Å². The molecule has 4 nitrogen and oxygen atoms in total. The number of hydrogen-bond acceptors (Lipinski definition) is 3. The van der Waals surface area contributed by atoms with Crippen molar-refractivity contribution < 1.29 is 4.74 Å². The predicted molar refractivity (Wildman–Crippen MR) is 86.3 cm³/mol. The first-order valence-corrected chi connectivity index (χ1v) is 7.68. The van der Waals surface area contributed by atoms with E-state index in [1.807, 2.05) is 29.9 Å². The van der Waals surface area contributed by atoms with Crippen molar-refractivity contribution >= 4 is 23.2 Å². The highest BCUT2D eigenvalue weighted by molar-refractivity contribution is 6.31. The van der Waals surface area contributed by atoms with Gasteiger partial charge < -0.3 is 10.1 Å². The summed E-state index contributed by atoms with van der Waals surface area (Å²) in [5.41, 5.74) is 0.947. The maximum Gasteiger partial charge on any atom is 0.120 e. The van der Waals surface area contributed by atoms with E-state index in [-0.39, 0.29) is 6.04 Å². The van der Waals surface area contributed by atoms with Crippen LogP contribution in [0.4, 0.5) is 0 Å². The number of rotatable bonds is 7. The number of nitrogens with one attached hydrogen (secondary N) is 1. The van der Waals surface area contributed by atoms with Gasteiger partial charge in [0.05, 0.1) is 23.0 Å². The van der Waals surface area contributed by atoms with E-state index in [4.69, 9.17) is 27.9 Å². The molecule has 2 aromatic rings. The second-order valence-corrected chi connectivity index (χ2v) is 5.55. The van der Waals surface area contributed by atoms with Crippen LogP contribution in [0.2, 0.25) is 10.0 Å². The van der Waals surface area contributed by atoms with Gasteiger partial charge in [0.15, 0.2) is 0 Å². The largest absolute Gasteiger partial charge is 0.491 e. The first kappa shape index (κ1) is 16.1. The van der Waals surface area contributed by atoms with E-state index in [1.54, 1.807) is 12.3 Å². The highest BCUT2D eigenvalue weighted by Crippen LogP contribution is 2.25. The lowest BCUT2D eigenvalue weighted by molar-refractivity contribution is 0.265. The predicted octanol–water partition coefficient (Wildman–Crippen LogP) is 3.94. The number of aryl methyl sites for hydroxylation is 1. The second-order valence-electron chi connectivity index (χ2n) is 4.71. The van der Waals surface area contributed by atoms with Crippen LogP contribution in [0.1, 0.15) is 25.1 Å². The first-order valence-electron chi connectivity index (χ1n) is 6.92. The van der Waals surface area contributed by atoms with Crippen molar-refractivity contribution in [1.29, 1.82) is 0 Å². The van der Waals surface area contributed by atoms with Crippen molar-refractivity contribution in [3.63, 3.8) is 0 Å². The van der Waals surface area contributed by atoms with E-state index in [9.17, 15) is 0 Å². The quantitative estimate of drug-likeness (QED) is 0.837. The van der Waals surface area contributed by atoms with Gasteiger partial charge >= 0.3 is 0 Å². The minimum Gasteiger partial charge on any atom is -0.491 e. The Morgan fingerprint density at radius 3 is 2.86 bits per heavy atom. The fourth-order valence-electron chi connectivity index (χ4n) is 2.14. The summed E-state index contributed by atoms with van der Waals surface area (Å²) in [6, 6.07) is 7.31. The highest BCUT2D eigenvalue weighted by atomic mass is 35.5. The lowest BCUT2D eigenvalue weighted by Gasteiger charge is -2.19. The second kappa shape index (κ2) is 7.69. The van der Waals surface area contributed by atoms with Crippen molar-refractivity contribution in [2.75, 3.05) is 13.7 Å². The minimum absolute atomic E-state index is 0.0365. The third-order valence-corrected chi connectivity index (χ3v) is 3.69. The number of aromatic nitrogens is 2. The molecular weight excluding hydrogens is 309 g/mol. The molecule has 1 atom stereocenters. The third kappa shape index (κ3) is 4.13. The zero-order valence-corrected chi connectivity index (χ0v) is 13.7. The van der Waals surface area contributed by atoms with Gasteiger partial charge in [0.25, 0.3) is 0 Å². The summed E-state index contributed by atoms with van der Waals surface area (Å²) in [5, 5.41) is 8.84. The van der Waals surface area contributed by atoms with Gasteiger partial charge in [-0.05, 0) is 31.7 Å². The smallest absolute Gasteiger partial charge is 0.120 e. The number of likely N-dealkylation sites (N-methyl/N-ethyl adjacent to an activating group) is 1. The molecule has 1 aromatic heterocycles. The maximum absolute atomic E-state index is 6.26. The van der Waals surface area contributed by atoms with Gasteiger partial charge in [-0.25, -0.2) is 0 Å². The molecule has 0 aliphatic carbocycles. The number of hydrogen-bond donors (Lipinski definition) is 1. The molecule has 1 N–H and O–H groups in total. The monoisotopic (exact) mass is 327 g/mol. The van der Waals surface area contributed by atoms with Crippen LogP contribution < -0.4 is 10.1 Å². The van der Waals surface area contributed by atoms with Gasteiger partial charge in [-0.3, -0.25) is 4.68 Å². The summed E-state index contributed by atoms with van der Waals surface area (Å²) < 4.78 is 7.73. The molecule has 1 aromatic carbocycles. The van der Waals surface area contributed by atoms with Gasteiger partial charge in [-0.1, -0.05) is 36.2 Å². The van der Waals surface area contributed by atoms with Crippen LogP contribution in [0, 0.1) is 0 Å². The van der Waals surface area contributed by atoms with Crippen LogP contribution in [-0.4, -0.2) is 23.4 Å². The van der Waals surface area contributed by atoms with Crippen molar-refractivity contribution in [1.82, 2.24) is 15.1 Å². The summed E-state index contributed by atoms with van der Waals surface area (Å²) in [7, 11) is 1.88. The molecule has 0 fully saturated rings. The zero-order chi connectivity index (χ0) is 15.2. The lowest BCUT2D eigenvalue weighted by Crippen LogP contribution is -2.26. The Kier molecular flexibility index (Phi) is 5.91. The molecule has 0 aliphatic rings. The van der Waals surface area contributed by atoms with Crippen LogP contribution in [0.3, 0.4) is 0 Å². The Morgan fingerprint density at radius 1 is 1.38 bits per heavy atom. The molecule has 2 rings (SSSR count). The van der Waals surface area contributed by atoms with E-state index < -0.39 is 0 Å². The average molecular weight is 328 g/mol. The van der Waals surface area contributed by atoms with E-state index in [2.05, 4.69) is 17.3 Å². The zero-order valence-electron chi connectivity index (χ0n) is 12.1. The molecule has 0 saturated heterocycles. The van der Waals surface area contributed by atoms with Gasteiger partial charge in [0.2, 0.25) is 0 Å². The Morgan fingerprint density at radius 2 is 2.19 bits per heavy atom. The van der Waals surface area contributed by atoms with Crippen LogP contribution in [0.25, 0.3) is 0 Å². The molecule has 0 amide bonds. The maximum atomic E-state index is 6.26. The number of benzene rings is 1.